The van der Waals surface area contributed by atoms with Crippen molar-refractivity contribution in [3.63, 3.8) is 0 Å². The summed E-state index contributed by atoms with van der Waals surface area (Å²) < 4.78 is 93.5. The predicted octanol–water partition coefficient (Wildman–Crippen LogP) is 6.24. The van der Waals surface area contributed by atoms with Gasteiger partial charge in [0.15, 0.2) is 0 Å². The lowest BCUT2D eigenvalue weighted by atomic mass is 9.95. The Morgan fingerprint density at radius 2 is 0.826 bits per heavy atom. The average molecular weight is 357 g/mol. The van der Waals surface area contributed by atoms with Gasteiger partial charge in [-0.15, -0.1) is 0 Å². The van der Waals surface area contributed by atoms with Gasteiger partial charge in [0.1, 0.15) is 0 Å². The maximum Gasteiger partial charge on any atom is 0.416 e. The van der Waals surface area contributed by atoms with Crippen LogP contribution < -0.4 is 0 Å². The Bertz CT molecular complexity index is 672. The van der Waals surface area contributed by atoms with Gasteiger partial charge in [-0.1, -0.05) is 35.9 Å². The molecular weight excluding hydrogens is 349 g/mol. The number of alkyl halides is 7. The molecular formula is C15H8ClF7. The lowest BCUT2D eigenvalue weighted by Gasteiger charge is -2.27. The van der Waals surface area contributed by atoms with E-state index in [2.05, 4.69) is 0 Å². The first-order valence-electron chi connectivity index (χ1n) is 6.15. The molecule has 2 aromatic carbocycles. The molecule has 0 saturated carbocycles. The van der Waals surface area contributed by atoms with E-state index in [0.29, 0.717) is 24.3 Å². The van der Waals surface area contributed by atoms with Crippen molar-refractivity contribution in [2.75, 3.05) is 0 Å². The molecule has 0 amide bonds. The zero-order valence-corrected chi connectivity index (χ0v) is 11.9. The lowest BCUT2D eigenvalue weighted by Crippen LogP contribution is -2.35. The fourth-order valence-electron chi connectivity index (χ4n) is 1.89. The van der Waals surface area contributed by atoms with Crippen LogP contribution in [0.1, 0.15) is 16.7 Å². The van der Waals surface area contributed by atoms with E-state index in [1.165, 1.54) is 0 Å². The van der Waals surface area contributed by atoms with Gasteiger partial charge in [0.25, 0.3) is 0 Å². The van der Waals surface area contributed by atoms with Crippen LogP contribution >= 0.6 is 11.6 Å². The van der Waals surface area contributed by atoms with Gasteiger partial charge in [-0.05, 0) is 24.3 Å². The highest BCUT2D eigenvalue weighted by atomic mass is 35.5. The second-order valence-electron chi connectivity index (χ2n) is 4.73. The molecule has 0 bridgehead atoms. The second-order valence-corrected chi connectivity index (χ2v) is 5.17. The van der Waals surface area contributed by atoms with Crippen LogP contribution in [0.2, 0.25) is 5.02 Å². The van der Waals surface area contributed by atoms with Gasteiger partial charge < -0.3 is 0 Å². The summed E-state index contributed by atoms with van der Waals surface area (Å²) in [5.41, 5.74) is -3.41. The molecule has 8 heteroatoms. The summed E-state index contributed by atoms with van der Waals surface area (Å²) in [6, 6.07) is 4.86. The molecule has 0 fully saturated rings. The van der Waals surface area contributed by atoms with Crippen LogP contribution in [0.3, 0.4) is 0 Å². The molecule has 0 nitrogen and oxygen atoms in total. The van der Waals surface area contributed by atoms with E-state index < -0.39 is 34.7 Å². The van der Waals surface area contributed by atoms with Gasteiger partial charge in [0.05, 0.1) is 5.56 Å². The van der Waals surface area contributed by atoms with E-state index in [0.717, 1.165) is 24.3 Å². The summed E-state index contributed by atoms with van der Waals surface area (Å²) in [5, 5.41) is 0.0856. The molecule has 0 aliphatic heterocycles. The number of benzene rings is 2. The molecule has 23 heavy (non-hydrogen) atoms. The van der Waals surface area contributed by atoms with Gasteiger partial charge in [-0.2, -0.15) is 30.7 Å². The second kappa shape index (κ2) is 5.70. The largest absolute Gasteiger partial charge is 0.416 e. The highest BCUT2D eigenvalue weighted by molar-refractivity contribution is 6.30. The van der Waals surface area contributed by atoms with Crippen LogP contribution in [-0.2, 0) is 18.0 Å². The molecule has 0 saturated heterocycles. The molecule has 0 atom stereocenters. The van der Waals surface area contributed by atoms with Crippen LogP contribution in [0.4, 0.5) is 30.7 Å². The quantitative estimate of drug-likeness (QED) is 0.571. The van der Waals surface area contributed by atoms with Gasteiger partial charge in [0, 0.05) is 16.1 Å². The molecule has 0 aromatic heterocycles. The summed E-state index contributed by atoms with van der Waals surface area (Å²) in [7, 11) is 0. The molecule has 124 valence electrons. The number of hydrogen-bond acceptors (Lipinski definition) is 0. The first kappa shape index (κ1) is 17.6. The van der Waals surface area contributed by atoms with Gasteiger partial charge in [-0.3, -0.25) is 0 Å². The smallest absolute Gasteiger partial charge is 0.194 e. The van der Waals surface area contributed by atoms with Crippen molar-refractivity contribution in [2.45, 2.75) is 18.0 Å². The zero-order chi connectivity index (χ0) is 17.5. The molecule has 0 aliphatic carbocycles. The first-order valence-corrected chi connectivity index (χ1v) is 6.53. The number of rotatable bonds is 3. The molecule has 0 spiro atoms. The van der Waals surface area contributed by atoms with Crippen LogP contribution in [0, 0.1) is 0 Å². The third-order valence-corrected chi connectivity index (χ3v) is 3.43. The monoisotopic (exact) mass is 356 g/mol. The van der Waals surface area contributed by atoms with Crippen LogP contribution in [-0.4, -0.2) is 0 Å². The van der Waals surface area contributed by atoms with Gasteiger partial charge in [-0.25, -0.2) is 0 Å². The van der Waals surface area contributed by atoms with E-state index in [-0.39, 0.29) is 5.02 Å². The van der Waals surface area contributed by atoms with Crippen molar-refractivity contribution in [3.05, 3.63) is 70.2 Å². The Hall–Kier alpha value is -1.76. The van der Waals surface area contributed by atoms with Crippen LogP contribution in [0.25, 0.3) is 0 Å². The Labute approximate surface area is 131 Å². The standard InChI is InChI=1S/C15H8ClF7/c16-12-7-5-10(6-8-12)14(19,20)13(17,18)9-1-3-11(4-2-9)15(21,22)23/h1-8H. The summed E-state index contributed by atoms with van der Waals surface area (Å²) in [6.45, 7) is 0. The molecule has 0 heterocycles. The topological polar surface area (TPSA) is 0 Å². The maximum atomic E-state index is 14.1. The molecule has 0 aliphatic rings. The molecule has 0 N–H and O–H groups in total. The van der Waals surface area contributed by atoms with Crippen LogP contribution in [0.5, 0.6) is 0 Å². The lowest BCUT2D eigenvalue weighted by molar-refractivity contribution is -0.223. The van der Waals surface area contributed by atoms with Crippen molar-refractivity contribution < 1.29 is 30.7 Å². The highest BCUT2D eigenvalue weighted by Crippen LogP contribution is 2.49. The highest BCUT2D eigenvalue weighted by Gasteiger charge is 2.58. The normalized spacial score (nSPS) is 13.2. The van der Waals surface area contributed by atoms with Crippen molar-refractivity contribution in [2.24, 2.45) is 0 Å². The zero-order valence-electron chi connectivity index (χ0n) is 11.1. The minimum Gasteiger partial charge on any atom is -0.194 e. The Balaban J connectivity index is 2.41. The van der Waals surface area contributed by atoms with E-state index >= 15 is 0 Å². The fourth-order valence-corrected chi connectivity index (χ4v) is 2.02. The maximum absolute atomic E-state index is 14.1. The number of halogens is 8. The Kier molecular flexibility index (Phi) is 4.36. The van der Waals surface area contributed by atoms with E-state index in [1.54, 1.807) is 0 Å². The third kappa shape index (κ3) is 3.29. The van der Waals surface area contributed by atoms with Gasteiger partial charge >= 0.3 is 18.0 Å². The van der Waals surface area contributed by atoms with E-state index in [9.17, 15) is 30.7 Å². The number of hydrogen-bond donors (Lipinski definition) is 0. The first-order chi connectivity index (χ1) is 10.5. The van der Waals surface area contributed by atoms with Gasteiger partial charge in [0.2, 0.25) is 0 Å². The molecule has 2 rings (SSSR count). The summed E-state index contributed by atoms with van der Waals surface area (Å²) >= 11 is 5.51. The van der Waals surface area contributed by atoms with Crippen molar-refractivity contribution in [1.29, 1.82) is 0 Å². The van der Waals surface area contributed by atoms with Crippen molar-refractivity contribution in [1.82, 2.24) is 0 Å². The van der Waals surface area contributed by atoms with E-state index in [4.69, 9.17) is 11.6 Å². The van der Waals surface area contributed by atoms with Crippen molar-refractivity contribution >= 4 is 11.6 Å². The molecule has 0 radical (unpaired) electrons. The average Bonchev–Trinajstić information content (AvgIpc) is 2.46. The molecule has 2 aromatic rings. The SMILES string of the molecule is FC(F)(F)c1ccc(C(F)(F)C(F)(F)c2ccc(Cl)cc2)cc1. The predicted molar refractivity (Wildman–Crippen MR) is 70.7 cm³/mol. The summed E-state index contributed by atoms with van der Waals surface area (Å²) in [6.07, 6.45) is -4.74. The minimum atomic E-state index is -4.74. The van der Waals surface area contributed by atoms with Crippen molar-refractivity contribution in [3.8, 4) is 0 Å². The fraction of sp³-hybridized carbons (Fsp3) is 0.200. The minimum absolute atomic E-state index is 0.0856. The third-order valence-electron chi connectivity index (χ3n) is 3.18. The molecule has 0 unspecified atom stereocenters. The summed E-state index contributed by atoms with van der Waals surface area (Å²) in [4.78, 5) is 0. The Morgan fingerprint density at radius 1 is 0.522 bits per heavy atom. The van der Waals surface area contributed by atoms with Crippen LogP contribution in [0.15, 0.2) is 48.5 Å². The Morgan fingerprint density at radius 3 is 1.17 bits per heavy atom. The summed E-state index contributed by atoms with van der Waals surface area (Å²) in [5.74, 6) is -9.30. The van der Waals surface area contributed by atoms with E-state index in [1.807, 2.05) is 0 Å².